The number of halogens is 1. The molecule has 0 bridgehead atoms. The molecule has 0 saturated carbocycles. The lowest BCUT2D eigenvalue weighted by Gasteiger charge is -2.21. The zero-order valence-corrected chi connectivity index (χ0v) is 15.8. The van der Waals surface area contributed by atoms with Crippen molar-refractivity contribution >= 4 is 18.3 Å². The lowest BCUT2D eigenvalue weighted by Crippen LogP contribution is -2.33. The van der Waals surface area contributed by atoms with Crippen LogP contribution in [0.25, 0.3) is 11.1 Å². The number of carbonyl (C=O) groups excluding carboxylic acids is 1. The van der Waals surface area contributed by atoms with Crippen LogP contribution in [0.5, 0.6) is 5.75 Å². The fraction of sp³-hybridized carbons (Fsp3) is 0.381. The average molecular weight is 375 g/mol. The Morgan fingerprint density at radius 2 is 1.73 bits per heavy atom. The van der Waals surface area contributed by atoms with Crippen LogP contribution in [-0.2, 0) is 4.79 Å². The van der Waals surface area contributed by atoms with Gasteiger partial charge in [0.1, 0.15) is 12.4 Å². The first kappa shape index (κ1) is 20.3. The molecule has 1 heterocycles. The zero-order chi connectivity index (χ0) is 17.3. The molecule has 1 aliphatic heterocycles. The summed E-state index contributed by atoms with van der Waals surface area (Å²) in [7, 11) is 0. The van der Waals surface area contributed by atoms with E-state index < -0.39 is 0 Å². The summed E-state index contributed by atoms with van der Waals surface area (Å²) in [6, 6.07) is 18.2. The van der Waals surface area contributed by atoms with Crippen LogP contribution in [0.4, 0.5) is 0 Å². The lowest BCUT2D eigenvalue weighted by atomic mass is 9.94. The second kappa shape index (κ2) is 10.8. The molecule has 0 aliphatic carbocycles. The molecular formula is C21H27ClN2O2. The van der Waals surface area contributed by atoms with Crippen LogP contribution in [0, 0.1) is 5.92 Å². The van der Waals surface area contributed by atoms with E-state index in [0.29, 0.717) is 25.5 Å². The maximum absolute atomic E-state index is 12.0. The molecule has 0 spiro atoms. The molecule has 1 aliphatic rings. The molecule has 26 heavy (non-hydrogen) atoms. The topological polar surface area (TPSA) is 50.4 Å². The van der Waals surface area contributed by atoms with Crippen molar-refractivity contribution in [1.82, 2.24) is 10.6 Å². The second-order valence-corrected chi connectivity index (χ2v) is 6.46. The molecule has 140 valence electrons. The number of ether oxygens (including phenoxy) is 1. The minimum absolute atomic E-state index is 0. The van der Waals surface area contributed by atoms with E-state index in [1.165, 1.54) is 0 Å². The van der Waals surface area contributed by atoms with Crippen molar-refractivity contribution in [2.24, 2.45) is 5.92 Å². The van der Waals surface area contributed by atoms with Crippen molar-refractivity contribution in [3.63, 3.8) is 0 Å². The molecule has 2 aromatic rings. The van der Waals surface area contributed by atoms with Gasteiger partial charge in [0, 0.05) is 12.0 Å². The second-order valence-electron chi connectivity index (χ2n) is 6.46. The van der Waals surface area contributed by atoms with Crippen LogP contribution in [0.15, 0.2) is 54.6 Å². The Kier molecular flexibility index (Phi) is 8.45. The zero-order valence-electron chi connectivity index (χ0n) is 14.9. The summed E-state index contributed by atoms with van der Waals surface area (Å²) in [5.41, 5.74) is 2.21. The largest absolute Gasteiger partial charge is 0.491 e. The number of hydrogen-bond acceptors (Lipinski definition) is 3. The fourth-order valence-corrected chi connectivity index (χ4v) is 3.22. The summed E-state index contributed by atoms with van der Waals surface area (Å²) < 4.78 is 5.91. The molecule has 0 atom stereocenters. The van der Waals surface area contributed by atoms with Crippen LogP contribution in [0.2, 0.25) is 0 Å². The summed E-state index contributed by atoms with van der Waals surface area (Å²) in [6.45, 7) is 3.06. The Morgan fingerprint density at radius 3 is 2.50 bits per heavy atom. The Labute approximate surface area is 161 Å². The first-order chi connectivity index (χ1) is 12.3. The molecule has 5 heteroatoms. The van der Waals surface area contributed by atoms with E-state index in [9.17, 15) is 4.79 Å². The highest BCUT2D eigenvalue weighted by molar-refractivity contribution is 5.85. The van der Waals surface area contributed by atoms with E-state index in [0.717, 1.165) is 42.8 Å². The smallest absolute Gasteiger partial charge is 0.220 e. The maximum atomic E-state index is 12.0. The van der Waals surface area contributed by atoms with E-state index in [1.54, 1.807) is 0 Å². The van der Waals surface area contributed by atoms with Gasteiger partial charge in [-0.25, -0.2) is 0 Å². The number of hydrogen-bond donors (Lipinski definition) is 2. The highest BCUT2D eigenvalue weighted by Gasteiger charge is 2.16. The summed E-state index contributed by atoms with van der Waals surface area (Å²) in [5.74, 6) is 1.49. The van der Waals surface area contributed by atoms with Gasteiger partial charge < -0.3 is 15.4 Å². The van der Waals surface area contributed by atoms with Gasteiger partial charge >= 0.3 is 0 Å². The number of benzene rings is 2. The molecule has 0 aromatic heterocycles. The third-order valence-corrected chi connectivity index (χ3v) is 4.59. The van der Waals surface area contributed by atoms with Crippen LogP contribution >= 0.6 is 12.4 Å². The van der Waals surface area contributed by atoms with E-state index in [-0.39, 0.29) is 18.3 Å². The van der Waals surface area contributed by atoms with Crippen molar-refractivity contribution in [2.45, 2.75) is 19.3 Å². The normalized spacial score (nSPS) is 14.3. The molecule has 4 nitrogen and oxygen atoms in total. The van der Waals surface area contributed by atoms with Gasteiger partial charge in [0.25, 0.3) is 0 Å². The van der Waals surface area contributed by atoms with Gasteiger partial charge in [0.2, 0.25) is 5.91 Å². The predicted molar refractivity (Wildman–Crippen MR) is 108 cm³/mol. The Bertz CT molecular complexity index is 673. The average Bonchev–Trinajstić information content (AvgIpc) is 2.67. The first-order valence-corrected chi connectivity index (χ1v) is 9.07. The van der Waals surface area contributed by atoms with E-state index in [4.69, 9.17) is 4.74 Å². The van der Waals surface area contributed by atoms with Gasteiger partial charge in [-0.05, 0) is 43.5 Å². The van der Waals surface area contributed by atoms with Gasteiger partial charge in [-0.3, -0.25) is 4.79 Å². The van der Waals surface area contributed by atoms with Crippen molar-refractivity contribution < 1.29 is 9.53 Å². The van der Waals surface area contributed by atoms with Crippen LogP contribution in [-0.4, -0.2) is 32.1 Å². The number of rotatable bonds is 7. The highest BCUT2D eigenvalue weighted by atomic mass is 35.5. The molecule has 1 fully saturated rings. The Hall–Kier alpha value is -2.04. The third-order valence-electron chi connectivity index (χ3n) is 4.59. The van der Waals surface area contributed by atoms with Gasteiger partial charge in [-0.2, -0.15) is 0 Å². The van der Waals surface area contributed by atoms with Crippen LogP contribution in [0.1, 0.15) is 19.3 Å². The minimum Gasteiger partial charge on any atom is -0.491 e. The van der Waals surface area contributed by atoms with Gasteiger partial charge in [-0.15, -0.1) is 12.4 Å². The minimum atomic E-state index is 0. The maximum Gasteiger partial charge on any atom is 0.220 e. The number of piperidine rings is 1. The molecule has 0 unspecified atom stereocenters. The van der Waals surface area contributed by atoms with Crippen LogP contribution in [0.3, 0.4) is 0 Å². The summed E-state index contributed by atoms with van der Waals surface area (Å²) >= 11 is 0. The monoisotopic (exact) mass is 374 g/mol. The number of amides is 1. The molecule has 0 radical (unpaired) electrons. The fourth-order valence-electron chi connectivity index (χ4n) is 3.22. The number of nitrogens with one attached hydrogen (secondary N) is 2. The SMILES string of the molecule is Cl.O=C(CC1CCNCC1)NCCOc1ccccc1-c1ccccc1. The van der Waals surface area contributed by atoms with Crippen LogP contribution < -0.4 is 15.4 Å². The van der Waals surface area contributed by atoms with Gasteiger partial charge in [-0.1, -0.05) is 48.5 Å². The summed E-state index contributed by atoms with van der Waals surface area (Å²) in [5, 5.41) is 6.30. The number of carbonyl (C=O) groups is 1. The third kappa shape index (κ3) is 6.04. The molecule has 1 saturated heterocycles. The molecule has 3 rings (SSSR count). The molecular weight excluding hydrogens is 348 g/mol. The molecule has 2 aromatic carbocycles. The van der Waals surface area contributed by atoms with Crippen molar-refractivity contribution in [1.29, 1.82) is 0 Å². The molecule has 2 N–H and O–H groups in total. The lowest BCUT2D eigenvalue weighted by molar-refractivity contribution is -0.122. The summed E-state index contributed by atoms with van der Waals surface area (Å²) in [4.78, 5) is 12.0. The Balaban J connectivity index is 0.00000243. The number of para-hydroxylation sites is 1. The van der Waals surface area contributed by atoms with Crippen molar-refractivity contribution in [3.8, 4) is 16.9 Å². The van der Waals surface area contributed by atoms with E-state index in [2.05, 4.69) is 28.8 Å². The molecule has 1 amide bonds. The summed E-state index contributed by atoms with van der Waals surface area (Å²) in [6.07, 6.45) is 2.81. The van der Waals surface area contributed by atoms with E-state index in [1.807, 2.05) is 36.4 Å². The quantitative estimate of drug-likeness (QED) is 0.727. The predicted octanol–water partition coefficient (Wildman–Crippen LogP) is 3.66. The first-order valence-electron chi connectivity index (χ1n) is 9.07. The van der Waals surface area contributed by atoms with Gasteiger partial charge in [0.05, 0.1) is 6.54 Å². The van der Waals surface area contributed by atoms with Gasteiger partial charge in [0.15, 0.2) is 0 Å². The van der Waals surface area contributed by atoms with Crippen molar-refractivity contribution in [3.05, 3.63) is 54.6 Å². The van der Waals surface area contributed by atoms with E-state index >= 15 is 0 Å². The highest BCUT2D eigenvalue weighted by Crippen LogP contribution is 2.29. The standard InChI is InChI=1S/C21H26N2O2.ClH/c24-21(16-17-10-12-22-13-11-17)23-14-15-25-20-9-5-4-8-19(20)18-6-2-1-3-7-18;/h1-9,17,22H,10-16H2,(H,23,24);1H. The van der Waals surface area contributed by atoms with Crippen molar-refractivity contribution in [2.75, 3.05) is 26.2 Å². The Morgan fingerprint density at radius 1 is 1.04 bits per heavy atom.